The summed E-state index contributed by atoms with van der Waals surface area (Å²) >= 11 is 0. The van der Waals surface area contributed by atoms with E-state index < -0.39 is 124 Å². The molecule has 0 aromatic heterocycles. The van der Waals surface area contributed by atoms with Gasteiger partial charge in [-0.25, -0.2) is 0 Å². The van der Waals surface area contributed by atoms with Gasteiger partial charge in [0.2, 0.25) is 5.91 Å². The van der Waals surface area contributed by atoms with E-state index in [0.717, 1.165) is 116 Å². The summed E-state index contributed by atoms with van der Waals surface area (Å²) in [6.07, 6.45) is 47.6. The number of ether oxygens (including phenoxy) is 6. The maximum absolute atomic E-state index is 13.4. The van der Waals surface area contributed by atoms with Crippen LogP contribution in [0, 0.1) is 0 Å². The molecule has 3 saturated heterocycles. The number of unbranched alkanes of at least 4 members (excludes halogenated alkanes) is 18. The Kier molecular flexibility index (Phi) is 48.6. The summed E-state index contributed by atoms with van der Waals surface area (Å²) in [5.74, 6) is -0.289. The molecule has 0 aromatic carbocycles. The van der Waals surface area contributed by atoms with Crippen molar-refractivity contribution in [2.75, 3.05) is 26.4 Å². The fourth-order valence-corrected chi connectivity index (χ4v) is 11.1. The van der Waals surface area contributed by atoms with Crippen LogP contribution in [-0.2, 0) is 33.2 Å². The average Bonchev–Trinajstić information content (AvgIpc) is 0.805. The van der Waals surface area contributed by atoms with Crippen LogP contribution in [-0.4, -0.2) is 193 Å². The predicted molar refractivity (Wildman–Crippen MR) is 364 cm³/mol. The fraction of sp³-hybridized carbons (Fsp3) is 0.716. The minimum Gasteiger partial charge on any atom is -0.394 e. The molecule has 0 spiro atoms. The van der Waals surface area contributed by atoms with Gasteiger partial charge < -0.3 is 89.9 Å². The average molecular weight is 1310 g/mol. The molecule has 3 aliphatic heterocycles. The lowest BCUT2D eigenvalue weighted by atomic mass is 9.96. The molecule has 0 radical (unpaired) electrons. The molecule has 3 heterocycles. The number of carbonyl (C=O) groups is 1. The molecule has 3 rings (SSSR count). The molecule has 17 atom stereocenters. The molecule has 19 heteroatoms. The van der Waals surface area contributed by atoms with Gasteiger partial charge in [0, 0.05) is 6.42 Å². The zero-order valence-electron chi connectivity index (χ0n) is 56.2. The maximum Gasteiger partial charge on any atom is 0.220 e. The van der Waals surface area contributed by atoms with Gasteiger partial charge in [-0.15, -0.1) is 0 Å². The van der Waals surface area contributed by atoms with E-state index in [1.165, 1.54) is 64.2 Å². The van der Waals surface area contributed by atoms with Crippen molar-refractivity contribution in [2.24, 2.45) is 0 Å². The van der Waals surface area contributed by atoms with Crippen molar-refractivity contribution in [1.29, 1.82) is 0 Å². The third-order valence-electron chi connectivity index (χ3n) is 16.8. The highest BCUT2D eigenvalue weighted by Crippen LogP contribution is 2.33. The van der Waals surface area contributed by atoms with Crippen molar-refractivity contribution in [1.82, 2.24) is 5.32 Å². The van der Waals surface area contributed by atoms with E-state index in [2.05, 4.69) is 129 Å². The lowest BCUT2D eigenvalue weighted by Gasteiger charge is -2.48. The largest absolute Gasteiger partial charge is 0.394 e. The molecule has 1 amide bonds. The number of nitrogens with one attached hydrogen (secondary N) is 1. The molecular formula is C74H123NO18. The van der Waals surface area contributed by atoms with Gasteiger partial charge in [0.1, 0.15) is 73.2 Å². The number of hydrogen-bond donors (Lipinski definition) is 12. The van der Waals surface area contributed by atoms with Gasteiger partial charge in [0.05, 0.1) is 38.6 Å². The molecule has 0 aromatic rings. The van der Waals surface area contributed by atoms with E-state index in [1.807, 2.05) is 6.08 Å². The quantitative estimate of drug-likeness (QED) is 0.0199. The van der Waals surface area contributed by atoms with Crippen LogP contribution < -0.4 is 5.32 Å². The molecule has 3 fully saturated rings. The molecule has 3 aliphatic rings. The minimum atomic E-state index is -1.98. The standard InChI is InChI=1S/C74H123NO18/c1-3-5-7-9-11-13-15-16-17-18-19-20-21-22-23-24-25-26-27-28-29-30-31-32-33-34-35-36-37-38-39-40-42-44-46-48-50-52-62(80)75-57(58(79)51-49-47-45-43-41-14-12-10-8-6-4-2)56-88-72-68(86)65(83)70(60(54-77)90-72)93-74-69(87)66(84)71(61(55-78)91-74)92-73-67(85)64(82)63(81)59(53-76)89-73/h5,7,11,13,16-17,19-20,22-23,25-26,28-29,31-32,34-35,49,51,57-61,63-74,76-79,81-87H,3-4,6,8-10,12,14-15,18,21,24,27,30,33,36-48,50,52-56H2,1-2H3,(H,75,80)/b7-5-,13-11-,17-16-,20-19-,23-22-,26-25-,29-28-,32-31-,35-34-,51-49+. The highest BCUT2D eigenvalue weighted by Gasteiger charge is 2.53. The summed E-state index contributed by atoms with van der Waals surface area (Å²) in [6, 6.07) is -0.983. The Hall–Kier alpha value is -3.81. The fourth-order valence-electron chi connectivity index (χ4n) is 11.1. The Labute approximate surface area is 557 Å². The SMILES string of the molecule is CC/C=C\C/C=C\C/C=C\C/C=C\C/C=C\C/C=C\C/C=C\C/C=C\C/C=C\CCCCCCCCCCCC(=O)NC(COC1OC(CO)C(OC2OC(CO)C(OC3OC(CO)C(O)C(O)C3O)C(O)C2O)C(O)C1O)C(O)/C=C/CCCCCCCCCCC. The predicted octanol–water partition coefficient (Wildman–Crippen LogP) is 9.60. The van der Waals surface area contributed by atoms with Gasteiger partial charge >= 0.3 is 0 Å². The van der Waals surface area contributed by atoms with Gasteiger partial charge in [0.15, 0.2) is 18.9 Å². The number of amides is 1. The van der Waals surface area contributed by atoms with Crippen LogP contribution >= 0.6 is 0 Å². The molecular weight excluding hydrogens is 1190 g/mol. The lowest BCUT2D eigenvalue weighted by molar-refractivity contribution is -0.379. The van der Waals surface area contributed by atoms with Crippen LogP contribution in [0.25, 0.3) is 0 Å². The van der Waals surface area contributed by atoms with Crippen molar-refractivity contribution in [3.05, 3.63) is 122 Å². The maximum atomic E-state index is 13.4. The molecule has 0 bridgehead atoms. The Bertz CT molecular complexity index is 2160. The molecule has 19 nitrogen and oxygen atoms in total. The summed E-state index contributed by atoms with van der Waals surface area (Å²) in [5, 5.41) is 120. The third kappa shape index (κ3) is 35.8. The van der Waals surface area contributed by atoms with Gasteiger partial charge in [0.25, 0.3) is 0 Å². The number of aliphatic hydroxyl groups excluding tert-OH is 11. The Morgan fingerprint density at radius 2 is 0.742 bits per heavy atom. The van der Waals surface area contributed by atoms with Gasteiger partial charge in [-0.1, -0.05) is 232 Å². The normalized spacial score (nSPS) is 28.3. The minimum absolute atomic E-state index is 0.228. The lowest BCUT2D eigenvalue weighted by Crippen LogP contribution is -2.66. The number of rotatable bonds is 52. The van der Waals surface area contributed by atoms with Crippen molar-refractivity contribution in [3.63, 3.8) is 0 Å². The van der Waals surface area contributed by atoms with E-state index in [0.29, 0.717) is 6.42 Å². The van der Waals surface area contributed by atoms with Crippen LogP contribution in [0.4, 0.5) is 0 Å². The van der Waals surface area contributed by atoms with E-state index in [1.54, 1.807) is 6.08 Å². The highest BCUT2D eigenvalue weighted by atomic mass is 16.8. The van der Waals surface area contributed by atoms with Gasteiger partial charge in [-0.05, 0) is 89.9 Å². The summed E-state index contributed by atoms with van der Waals surface area (Å²) in [4.78, 5) is 13.4. The van der Waals surface area contributed by atoms with E-state index in [4.69, 9.17) is 28.4 Å². The van der Waals surface area contributed by atoms with Crippen LogP contribution in [0.2, 0.25) is 0 Å². The van der Waals surface area contributed by atoms with Crippen LogP contribution in [0.3, 0.4) is 0 Å². The first kappa shape index (κ1) is 83.4. The van der Waals surface area contributed by atoms with Crippen LogP contribution in [0.15, 0.2) is 122 Å². The van der Waals surface area contributed by atoms with Crippen molar-refractivity contribution < 1.29 is 89.4 Å². The first-order chi connectivity index (χ1) is 45.3. The Morgan fingerprint density at radius 3 is 1.16 bits per heavy atom. The number of carbonyl (C=O) groups excluding carboxylic acids is 1. The zero-order valence-corrected chi connectivity index (χ0v) is 56.2. The van der Waals surface area contributed by atoms with Gasteiger partial charge in [-0.2, -0.15) is 0 Å². The zero-order chi connectivity index (χ0) is 67.5. The van der Waals surface area contributed by atoms with E-state index in [9.17, 15) is 61.0 Å². The molecule has 12 N–H and O–H groups in total. The second-order valence-electron chi connectivity index (χ2n) is 24.6. The summed E-state index contributed by atoms with van der Waals surface area (Å²) in [6.45, 7) is 1.57. The molecule has 0 aliphatic carbocycles. The van der Waals surface area contributed by atoms with Crippen LogP contribution in [0.1, 0.15) is 206 Å². The van der Waals surface area contributed by atoms with E-state index >= 15 is 0 Å². The van der Waals surface area contributed by atoms with Gasteiger partial charge in [-0.3, -0.25) is 4.79 Å². The monoisotopic (exact) mass is 1310 g/mol. The molecule has 0 saturated carbocycles. The van der Waals surface area contributed by atoms with Crippen LogP contribution in [0.5, 0.6) is 0 Å². The smallest absolute Gasteiger partial charge is 0.220 e. The molecule has 17 unspecified atom stereocenters. The number of aliphatic hydroxyl groups is 11. The third-order valence-corrected chi connectivity index (χ3v) is 16.8. The summed E-state index contributed by atoms with van der Waals surface area (Å²) in [5.41, 5.74) is 0. The first-order valence-corrected chi connectivity index (χ1v) is 35.3. The van der Waals surface area contributed by atoms with Crippen molar-refractivity contribution in [3.8, 4) is 0 Å². The van der Waals surface area contributed by atoms with E-state index in [-0.39, 0.29) is 18.9 Å². The number of hydrogen-bond acceptors (Lipinski definition) is 18. The highest BCUT2D eigenvalue weighted by molar-refractivity contribution is 5.76. The molecule has 93 heavy (non-hydrogen) atoms. The van der Waals surface area contributed by atoms with Crippen molar-refractivity contribution in [2.45, 2.75) is 311 Å². The Morgan fingerprint density at radius 1 is 0.398 bits per heavy atom. The molecule has 532 valence electrons. The Balaban J connectivity index is 1.34. The summed E-state index contributed by atoms with van der Waals surface area (Å²) in [7, 11) is 0. The van der Waals surface area contributed by atoms with Crippen molar-refractivity contribution >= 4 is 5.91 Å². The first-order valence-electron chi connectivity index (χ1n) is 35.3. The topological polar surface area (TPSA) is 307 Å². The second-order valence-corrected chi connectivity index (χ2v) is 24.6. The summed E-state index contributed by atoms with van der Waals surface area (Å²) < 4.78 is 34.3. The second kappa shape index (κ2) is 54.2. The number of allylic oxidation sites excluding steroid dienone is 19.